The Hall–Kier alpha value is -1.31. The number of hydrogen-bond donors (Lipinski definition) is 1. The normalized spacial score (nSPS) is 28.9. The molecule has 0 spiro atoms. The van der Waals surface area contributed by atoms with E-state index in [1.165, 1.54) is 18.4 Å². The summed E-state index contributed by atoms with van der Waals surface area (Å²) in [6.45, 7) is 2.23. The van der Waals surface area contributed by atoms with E-state index in [2.05, 4.69) is 19.1 Å². The molecule has 17 heavy (non-hydrogen) atoms. The molecule has 1 aromatic rings. The molecule has 1 aliphatic rings. The molecule has 1 N–H and O–H groups in total. The van der Waals surface area contributed by atoms with E-state index in [9.17, 15) is 4.79 Å². The van der Waals surface area contributed by atoms with Crippen LogP contribution in [0.1, 0.15) is 44.6 Å². The SMILES string of the molecule is CC1(c2ccccc2)CCCCC1CC(=O)O. The van der Waals surface area contributed by atoms with Crippen LogP contribution in [-0.2, 0) is 10.2 Å². The van der Waals surface area contributed by atoms with Crippen LogP contribution in [0.15, 0.2) is 30.3 Å². The summed E-state index contributed by atoms with van der Waals surface area (Å²) in [6, 6.07) is 10.4. The van der Waals surface area contributed by atoms with Gasteiger partial charge in [-0.15, -0.1) is 0 Å². The maximum absolute atomic E-state index is 11.0. The fourth-order valence-electron chi connectivity index (χ4n) is 3.14. The molecule has 92 valence electrons. The molecule has 2 nitrogen and oxygen atoms in total. The number of carboxylic acid groups (broad SMARTS) is 1. The lowest BCUT2D eigenvalue weighted by molar-refractivity contribution is -0.139. The van der Waals surface area contributed by atoms with Gasteiger partial charge in [0.25, 0.3) is 0 Å². The lowest BCUT2D eigenvalue weighted by atomic mass is 9.63. The van der Waals surface area contributed by atoms with Crippen LogP contribution in [0.25, 0.3) is 0 Å². The highest BCUT2D eigenvalue weighted by molar-refractivity contribution is 5.67. The average Bonchev–Trinajstić information content (AvgIpc) is 2.33. The van der Waals surface area contributed by atoms with Gasteiger partial charge in [0.05, 0.1) is 0 Å². The Morgan fingerprint density at radius 1 is 1.35 bits per heavy atom. The predicted octanol–water partition coefficient (Wildman–Crippen LogP) is 3.61. The molecule has 1 aromatic carbocycles. The predicted molar refractivity (Wildman–Crippen MR) is 68.0 cm³/mol. The van der Waals surface area contributed by atoms with E-state index in [0.717, 1.165) is 12.8 Å². The molecule has 1 saturated carbocycles. The molecule has 0 radical (unpaired) electrons. The number of carboxylic acids is 1. The molecule has 2 heteroatoms. The minimum absolute atomic E-state index is 0.0396. The van der Waals surface area contributed by atoms with E-state index in [1.54, 1.807) is 0 Å². The van der Waals surface area contributed by atoms with E-state index in [4.69, 9.17) is 5.11 Å². The van der Waals surface area contributed by atoms with Gasteiger partial charge in [0.15, 0.2) is 0 Å². The van der Waals surface area contributed by atoms with E-state index >= 15 is 0 Å². The van der Waals surface area contributed by atoms with Crippen molar-refractivity contribution < 1.29 is 9.90 Å². The topological polar surface area (TPSA) is 37.3 Å². The summed E-state index contributed by atoms with van der Waals surface area (Å²) in [5, 5.41) is 9.04. The third-order valence-electron chi connectivity index (χ3n) is 4.25. The van der Waals surface area contributed by atoms with Crippen molar-refractivity contribution >= 4 is 5.97 Å². The third kappa shape index (κ3) is 2.51. The molecule has 2 rings (SSSR count). The molecule has 0 aliphatic heterocycles. The zero-order valence-electron chi connectivity index (χ0n) is 10.4. The Bertz CT molecular complexity index is 385. The van der Waals surface area contributed by atoms with Crippen LogP contribution in [0.2, 0.25) is 0 Å². The van der Waals surface area contributed by atoms with Gasteiger partial charge in [0.2, 0.25) is 0 Å². The fraction of sp³-hybridized carbons (Fsp3) is 0.533. The Morgan fingerprint density at radius 2 is 2.06 bits per heavy atom. The summed E-state index contributed by atoms with van der Waals surface area (Å²) in [6.07, 6.45) is 4.82. The van der Waals surface area contributed by atoms with Crippen molar-refractivity contribution in [3.8, 4) is 0 Å². The zero-order chi connectivity index (χ0) is 12.3. The van der Waals surface area contributed by atoms with Crippen molar-refractivity contribution in [2.24, 2.45) is 5.92 Å². The largest absolute Gasteiger partial charge is 0.481 e. The number of benzene rings is 1. The Morgan fingerprint density at radius 3 is 2.71 bits per heavy atom. The van der Waals surface area contributed by atoms with Crippen LogP contribution in [0.5, 0.6) is 0 Å². The minimum Gasteiger partial charge on any atom is -0.481 e. The first-order chi connectivity index (χ1) is 8.13. The van der Waals surface area contributed by atoms with Gasteiger partial charge in [-0.05, 0) is 29.7 Å². The lowest BCUT2D eigenvalue weighted by Crippen LogP contribution is -2.36. The van der Waals surface area contributed by atoms with E-state index in [0.29, 0.717) is 6.42 Å². The second kappa shape index (κ2) is 4.91. The summed E-state index contributed by atoms with van der Waals surface area (Å²) < 4.78 is 0. The maximum Gasteiger partial charge on any atom is 0.303 e. The third-order valence-corrected chi connectivity index (χ3v) is 4.25. The van der Waals surface area contributed by atoms with E-state index in [-0.39, 0.29) is 11.3 Å². The van der Waals surface area contributed by atoms with Crippen molar-refractivity contribution in [1.82, 2.24) is 0 Å². The fourth-order valence-corrected chi connectivity index (χ4v) is 3.14. The summed E-state index contributed by atoms with van der Waals surface area (Å²) in [5.41, 5.74) is 1.34. The smallest absolute Gasteiger partial charge is 0.303 e. The Kier molecular flexibility index (Phi) is 3.51. The van der Waals surface area contributed by atoms with Gasteiger partial charge in [-0.1, -0.05) is 50.1 Å². The average molecular weight is 232 g/mol. The lowest BCUT2D eigenvalue weighted by Gasteiger charge is -2.41. The van der Waals surface area contributed by atoms with Gasteiger partial charge in [0.1, 0.15) is 0 Å². The number of rotatable bonds is 3. The zero-order valence-corrected chi connectivity index (χ0v) is 10.4. The molecular formula is C15H20O2. The van der Waals surface area contributed by atoms with Crippen LogP contribution in [0, 0.1) is 5.92 Å². The summed E-state index contributed by atoms with van der Waals surface area (Å²) in [7, 11) is 0. The van der Waals surface area contributed by atoms with Gasteiger partial charge in [-0.3, -0.25) is 4.79 Å². The van der Waals surface area contributed by atoms with Crippen molar-refractivity contribution in [3.05, 3.63) is 35.9 Å². The molecule has 2 unspecified atom stereocenters. The van der Waals surface area contributed by atoms with Crippen molar-refractivity contribution in [1.29, 1.82) is 0 Å². The van der Waals surface area contributed by atoms with Gasteiger partial charge in [-0.25, -0.2) is 0 Å². The molecule has 0 amide bonds. The standard InChI is InChI=1S/C15H20O2/c1-15(12-7-3-2-4-8-12)10-6-5-9-13(15)11-14(16)17/h2-4,7-8,13H,5-6,9-11H2,1H3,(H,16,17). The van der Waals surface area contributed by atoms with Crippen LogP contribution < -0.4 is 0 Å². The highest BCUT2D eigenvalue weighted by Crippen LogP contribution is 2.44. The molecule has 1 fully saturated rings. The Labute approximate surface area is 103 Å². The second-order valence-electron chi connectivity index (χ2n) is 5.32. The van der Waals surface area contributed by atoms with Crippen molar-refractivity contribution in [2.45, 2.75) is 44.4 Å². The quantitative estimate of drug-likeness (QED) is 0.864. The minimum atomic E-state index is -0.668. The monoisotopic (exact) mass is 232 g/mol. The number of aliphatic carboxylic acids is 1. The van der Waals surface area contributed by atoms with Crippen molar-refractivity contribution in [3.63, 3.8) is 0 Å². The maximum atomic E-state index is 11.0. The molecule has 1 aliphatic carbocycles. The first kappa shape index (κ1) is 12.2. The van der Waals surface area contributed by atoms with Gasteiger partial charge in [0, 0.05) is 6.42 Å². The van der Waals surface area contributed by atoms with Gasteiger partial charge in [-0.2, -0.15) is 0 Å². The highest BCUT2D eigenvalue weighted by Gasteiger charge is 2.38. The summed E-state index contributed by atoms with van der Waals surface area (Å²) >= 11 is 0. The van der Waals surface area contributed by atoms with Gasteiger partial charge >= 0.3 is 5.97 Å². The molecule has 0 aromatic heterocycles. The molecule has 0 bridgehead atoms. The molecule has 2 atom stereocenters. The second-order valence-corrected chi connectivity index (χ2v) is 5.32. The molecule has 0 saturated heterocycles. The summed E-state index contributed by atoms with van der Waals surface area (Å²) in [5.74, 6) is -0.393. The van der Waals surface area contributed by atoms with Crippen LogP contribution >= 0.6 is 0 Å². The number of hydrogen-bond acceptors (Lipinski definition) is 1. The van der Waals surface area contributed by atoms with E-state index < -0.39 is 5.97 Å². The Balaban J connectivity index is 2.28. The van der Waals surface area contributed by atoms with Crippen LogP contribution in [0.4, 0.5) is 0 Å². The molecule has 0 heterocycles. The van der Waals surface area contributed by atoms with Crippen molar-refractivity contribution in [2.75, 3.05) is 0 Å². The first-order valence-corrected chi connectivity index (χ1v) is 6.40. The van der Waals surface area contributed by atoms with Crippen LogP contribution in [0.3, 0.4) is 0 Å². The van der Waals surface area contributed by atoms with Gasteiger partial charge < -0.3 is 5.11 Å². The molecular weight excluding hydrogens is 212 g/mol. The highest BCUT2D eigenvalue weighted by atomic mass is 16.4. The van der Waals surface area contributed by atoms with E-state index in [1.807, 2.05) is 18.2 Å². The first-order valence-electron chi connectivity index (χ1n) is 6.40. The van der Waals surface area contributed by atoms with Crippen LogP contribution in [-0.4, -0.2) is 11.1 Å². The number of carbonyl (C=O) groups is 1. The summed E-state index contributed by atoms with van der Waals surface area (Å²) in [4.78, 5) is 11.0.